The van der Waals surface area contributed by atoms with Crippen LogP contribution in [0.5, 0.6) is 0 Å². The fourth-order valence-electron chi connectivity index (χ4n) is 2.56. The van der Waals surface area contributed by atoms with Crippen molar-refractivity contribution >= 4 is 43.2 Å². The molecule has 0 heterocycles. The second-order valence-corrected chi connectivity index (χ2v) is 8.82. The van der Waals surface area contributed by atoms with E-state index in [0.717, 1.165) is 30.3 Å². The molecule has 162 valence electrons. The lowest BCUT2D eigenvalue weighted by atomic mass is 10.1. The lowest BCUT2D eigenvalue weighted by Crippen LogP contribution is -2.16. The monoisotopic (exact) mass is 516 g/mol. The fraction of sp³-hybridized carbons (Fsp3) is 0.0500. The summed E-state index contributed by atoms with van der Waals surface area (Å²) < 4.78 is 79.3. The summed E-state index contributed by atoms with van der Waals surface area (Å²) in [4.78, 5) is 12.2. The molecular weight excluding hydrogens is 504 g/mol. The molecule has 3 aromatic carbocycles. The normalized spacial score (nSPS) is 11.8. The van der Waals surface area contributed by atoms with Gasteiger partial charge in [-0.2, -0.15) is 13.2 Å². The Morgan fingerprint density at radius 1 is 0.903 bits per heavy atom. The van der Waals surface area contributed by atoms with Crippen molar-refractivity contribution in [2.45, 2.75) is 11.1 Å². The van der Waals surface area contributed by atoms with Crippen LogP contribution in [0.4, 0.5) is 28.9 Å². The van der Waals surface area contributed by atoms with Crippen molar-refractivity contribution in [1.29, 1.82) is 0 Å². The quantitative estimate of drug-likeness (QED) is 0.429. The van der Waals surface area contributed by atoms with Crippen molar-refractivity contribution in [3.8, 4) is 0 Å². The predicted molar refractivity (Wildman–Crippen MR) is 111 cm³/mol. The van der Waals surface area contributed by atoms with Crippen LogP contribution < -0.4 is 10.0 Å². The van der Waals surface area contributed by atoms with E-state index in [1.54, 1.807) is 0 Å². The van der Waals surface area contributed by atoms with E-state index in [1.165, 1.54) is 36.4 Å². The molecule has 0 unspecified atom stereocenters. The molecule has 0 aliphatic heterocycles. The number of benzene rings is 3. The van der Waals surface area contributed by atoms with E-state index in [-0.39, 0.29) is 26.3 Å². The fourth-order valence-corrected chi connectivity index (χ4v) is 4.14. The third kappa shape index (κ3) is 5.61. The Morgan fingerprint density at radius 2 is 1.55 bits per heavy atom. The molecule has 0 saturated heterocycles. The van der Waals surface area contributed by atoms with Gasteiger partial charge in [-0.25, -0.2) is 12.8 Å². The lowest BCUT2D eigenvalue weighted by Gasteiger charge is -2.12. The summed E-state index contributed by atoms with van der Waals surface area (Å²) in [6.45, 7) is 0. The average molecular weight is 517 g/mol. The summed E-state index contributed by atoms with van der Waals surface area (Å²) >= 11 is 2.81. The number of hydrogen-bond acceptors (Lipinski definition) is 3. The SMILES string of the molecule is O=C(Nc1ccc(Br)c(C(F)(F)F)c1)c1cccc(S(=O)(=O)Nc2ccc(F)cc2)c1. The number of amides is 1. The molecule has 0 saturated carbocycles. The zero-order valence-electron chi connectivity index (χ0n) is 15.4. The van der Waals surface area contributed by atoms with Gasteiger partial charge < -0.3 is 5.32 Å². The number of alkyl halides is 3. The number of nitrogens with one attached hydrogen (secondary N) is 2. The molecule has 0 bridgehead atoms. The van der Waals surface area contributed by atoms with Crippen LogP contribution in [0.15, 0.2) is 76.1 Å². The van der Waals surface area contributed by atoms with Gasteiger partial charge in [0.1, 0.15) is 5.82 Å². The first-order chi connectivity index (χ1) is 14.5. The molecule has 0 aliphatic rings. The van der Waals surface area contributed by atoms with Crippen molar-refractivity contribution in [2.24, 2.45) is 0 Å². The molecule has 2 N–H and O–H groups in total. The van der Waals surface area contributed by atoms with E-state index in [4.69, 9.17) is 0 Å². The second-order valence-electron chi connectivity index (χ2n) is 6.29. The van der Waals surface area contributed by atoms with Crippen LogP contribution in [0.2, 0.25) is 0 Å². The van der Waals surface area contributed by atoms with Gasteiger partial charge in [-0.15, -0.1) is 0 Å². The van der Waals surface area contributed by atoms with E-state index < -0.39 is 33.5 Å². The summed E-state index contributed by atoms with van der Waals surface area (Å²) in [6.07, 6.45) is -4.63. The van der Waals surface area contributed by atoms with E-state index in [1.807, 2.05) is 0 Å². The highest BCUT2D eigenvalue weighted by atomic mass is 79.9. The van der Waals surface area contributed by atoms with Crippen LogP contribution in [0.1, 0.15) is 15.9 Å². The third-order valence-corrected chi connectivity index (χ3v) is 6.10. The number of carbonyl (C=O) groups excluding carboxylic acids is 1. The number of rotatable bonds is 5. The number of hydrogen-bond donors (Lipinski definition) is 2. The summed E-state index contributed by atoms with van der Waals surface area (Å²) in [5.74, 6) is -1.34. The first-order valence-corrected chi connectivity index (χ1v) is 10.8. The van der Waals surface area contributed by atoms with Crippen molar-refractivity contribution < 1.29 is 30.8 Å². The number of halogens is 5. The highest BCUT2D eigenvalue weighted by Gasteiger charge is 2.33. The molecule has 31 heavy (non-hydrogen) atoms. The highest BCUT2D eigenvalue weighted by molar-refractivity contribution is 9.10. The van der Waals surface area contributed by atoms with Gasteiger partial charge in [0.2, 0.25) is 0 Å². The Balaban J connectivity index is 1.83. The lowest BCUT2D eigenvalue weighted by molar-refractivity contribution is -0.138. The minimum absolute atomic E-state index is 0.0848. The molecule has 3 rings (SSSR count). The van der Waals surface area contributed by atoms with E-state index in [0.29, 0.717) is 0 Å². The van der Waals surface area contributed by atoms with E-state index >= 15 is 0 Å². The van der Waals surface area contributed by atoms with Crippen LogP contribution in [0, 0.1) is 5.82 Å². The maximum atomic E-state index is 13.0. The van der Waals surface area contributed by atoms with Crippen LogP contribution >= 0.6 is 15.9 Å². The smallest absolute Gasteiger partial charge is 0.322 e. The molecule has 1 amide bonds. The molecular formula is C20H13BrF4N2O3S. The zero-order chi connectivity index (χ0) is 22.8. The molecule has 0 atom stereocenters. The molecule has 3 aromatic rings. The number of carbonyl (C=O) groups is 1. The third-order valence-electron chi connectivity index (χ3n) is 4.03. The van der Waals surface area contributed by atoms with Gasteiger partial charge in [-0.05, 0) is 60.7 Å². The van der Waals surface area contributed by atoms with Gasteiger partial charge in [0, 0.05) is 21.4 Å². The standard InChI is InChI=1S/C20H13BrF4N2O3S/c21-18-9-8-15(11-17(18)20(23,24)25)26-19(28)12-2-1-3-16(10-12)31(29,30)27-14-6-4-13(22)5-7-14/h1-11,27H,(H,26,28). The highest BCUT2D eigenvalue weighted by Crippen LogP contribution is 2.36. The first-order valence-electron chi connectivity index (χ1n) is 8.52. The molecule has 11 heteroatoms. The Morgan fingerprint density at radius 3 is 2.19 bits per heavy atom. The van der Waals surface area contributed by atoms with Gasteiger partial charge in [-0.3, -0.25) is 9.52 Å². The number of sulfonamides is 1. The zero-order valence-corrected chi connectivity index (χ0v) is 17.8. The molecule has 0 aromatic heterocycles. The Hall–Kier alpha value is -2.92. The number of anilines is 2. The summed E-state index contributed by atoms with van der Waals surface area (Å²) in [6, 6.07) is 12.7. The molecule has 0 radical (unpaired) electrons. The van der Waals surface area contributed by atoms with Crippen LogP contribution in [0.3, 0.4) is 0 Å². The van der Waals surface area contributed by atoms with Gasteiger partial charge in [0.15, 0.2) is 0 Å². The maximum Gasteiger partial charge on any atom is 0.417 e. The molecule has 0 spiro atoms. The largest absolute Gasteiger partial charge is 0.417 e. The van der Waals surface area contributed by atoms with Crippen molar-refractivity contribution in [2.75, 3.05) is 10.0 Å². The van der Waals surface area contributed by atoms with Crippen molar-refractivity contribution in [3.05, 3.63) is 88.1 Å². The van der Waals surface area contributed by atoms with Crippen molar-refractivity contribution in [1.82, 2.24) is 0 Å². The predicted octanol–water partition coefficient (Wildman–Crippen LogP) is 5.66. The molecule has 5 nitrogen and oxygen atoms in total. The van der Waals surface area contributed by atoms with Gasteiger partial charge in [0.05, 0.1) is 10.5 Å². The molecule has 0 fully saturated rings. The Labute approximate surface area is 183 Å². The second kappa shape index (κ2) is 8.67. The summed E-state index contributed by atoms with van der Waals surface area (Å²) in [5, 5.41) is 2.32. The average Bonchev–Trinajstić information content (AvgIpc) is 2.70. The summed E-state index contributed by atoms with van der Waals surface area (Å²) in [5.41, 5.74) is -1.05. The van der Waals surface area contributed by atoms with Gasteiger partial charge >= 0.3 is 6.18 Å². The van der Waals surface area contributed by atoms with Crippen LogP contribution in [0.25, 0.3) is 0 Å². The maximum absolute atomic E-state index is 13.0. The van der Waals surface area contributed by atoms with Gasteiger partial charge in [0.25, 0.3) is 15.9 Å². The van der Waals surface area contributed by atoms with Crippen molar-refractivity contribution in [3.63, 3.8) is 0 Å². The van der Waals surface area contributed by atoms with Gasteiger partial charge in [-0.1, -0.05) is 22.0 Å². The first kappa shape index (κ1) is 22.8. The van der Waals surface area contributed by atoms with Crippen LogP contribution in [-0.4, -0.2) is 14.3 Å². The van der Waals surface area contributed by atoms with E-state index in [2.05, 4.69) is 26.0 Å². The van der Waals surface area contributed by atoms with Crippen LogP contribution in [-0.2, 0) is 16.2 Å². The minimum Gasteiger partial charge on any atom is -0.322 e. The summed E-state index contributed by atoms with van der Waals surface area (Å²) in [7, 11) is -4.09. The Kier molecular flexibility index (Phi) is 6.37. The topological polar surface area (TPSA) is 75.3 Å². The van der Waals surface area contributed by atoms with E-state index in [9.17, 15) is 30.8 Å². The minimum atomic E-state index is -4.63. The Bertz CT molecular complexity index is 1230. The molecule has 0 aliphatic carbocycles.